The molecule has 31 heavy (non-hydrogen) atoms. The monoisotopic (exact) mass is 461 g/mol. The second kappa shape index (κ2) is 9.02. The number of methoxy groups -OCH3 is 1. The zero-order chi connectivity index (χ0) is 22.6. The Morgan fingerprint density at radius 2 is 1.74 bits per heavy atom. The Balaban J connectivity index is 1.82. The minimum atomic E-state index is -3.85. The van der Waals surface area contributed by atoms with E-state index >= 15 is 0 Å². The number of sulfonamides is 1. The summed E-state index contributed by atoms with van der Waals surface area (Å²) in [5, 5.41) is 13.5. The third-order valence-corrected chi connectivity index (χ3v) is 5.87. The summed E-state index contributed by atoms with van der Waals surface area (Å²) in [4.78, 5) is 23.0. The van der Waals surface area contributed by atoms with E-state index in [4.69, 9.17) is 16.3 Å². The van der Waals surface area contributed by atoms with Crippen molar-refractivity contribution >= 4 is 44.6 Å². The van der Waals surface area contributed by atoms with Crippen molar-refractivity contribution in [3.8, 4) is 5.75 Å². The van der Waals surface area contributed by atoms with Gasteiger partial charge in [0.2, 0.25) is 0 Å². The molecule has 3 aromatic rings. The molecule has 11 heteroatoms. The van der Waals surface area contributed by atoms with Crippen LogP contribution in [0.2, 0.25) is 5.02 Å². The van der Waals surface area contributed by atoms with Gasteiger partial charge in [-0.1, -0.05) is 29.8 Å². The van der Waals surface area contributed by atoms with E-state index in [1.54, 1.807) is 18.2 Å². The molecule has 3 rings (SSSR count). The lowest BCUT2D eigenvalue weighted by molar-refractivity contribution is -0.384. The number of halogens is 1. The highest BCUT2D eigenvalue weighted by Gasteiger charge is 2.18. The molecule has 0 aromatic heterocycles. The number of ether oxygens (including phenoxy) is 1. The predicted octanol–water partition coefficient (Wildman–Crippen LogP) is 4.31. The fourth-order valence-electron chi connectivity index (χ4n) is 2.64. The number of anilines is 2. The Morgan fingerprint density at radius 3 is 2.35 bits per heavy atom. The van der Waals surface area contributed by atoms with Crippen LogP contribution in [-0.4, -0.2) is 26.4 Å². The van der Waals surface area contributed by atoms with Gasteiger partial charge in [0, 0.05) is 17.7 Å². The van der Waals surface area contributed by atoms with Gasteiger partial charge in [0.05, 0.1) is 33.3 Å². The molecule has 0 aliphatic rings. The highest BCUT2D eigenvalue weighted by molar-refractivity contribution is 7.92. The number of non-ortho nitro benzene ring substituents is 1. The first-order chi connectivity index (χ1) is 14.7. The molecule has 0 heterocycles. The molecule has 0 saturated heterocycles. The molecule has 0 unspecified atom stereocenters. The number of rotatable bonds is 7. The van der Waals surface area contributed by atoms with Gasteiger partial charge in [-0.15, -0.1) is 0 Å². The minimum absolute atomic E-state index is 0.00170. The number of hydrogen-bond donors (Lipinski definition) is 2. The van der Waals surface area contributed by atoms with Gasteiger partial charge < -0.3 is 10.1 Å². The molecule has 0 atom stereocenters. The first-order valence-corrected chi connectivity index (χ1v) is 10.6. The average molecular weight is 462 g/mol. The summed E-state index contributed by atoms with van der Waals surface area (Å²) in [6, 6.07) is 15.5. The number of hydrogen-bond acceptors (Lipinski definition) is 6. The van der Waals surface area contributed by atoms with Crippen LogP contribution < -0.4 is 14.8 Å². The molecular formula is C20H16ClN3O6S. The van der Waals surface area contributed by atoms with E-state index in [2.05, 4.69) is 10.0 Å². The van der Waals surface area contributed by atoms with Crippen molar-refractivity contribution in [2.75, 3.05) is 17.1 Å². The van der Waals surface area contributed by atoms with Crippen molar-refractivity contribution in [1.29, 1.82) is 0 Å². The fourth-order valence-corrected chi connectivity index (χ4v) is 4.03. The molecule has 0 aliphatic carbocycles. The number of carbonyl (C=O) groups excluding carboxylic acids is 1. The summed E-state index contributed by atoms with van der Waals surface area (Å²) in [6.07, 6.45) is 0. The van der Waals surface area contributed by atoms with Crippen LogP contribution in [0.4, 0.5) is 17.1 Å². The normalized spacial score (nSPS) is 10.9. The summed E-state index contributed by atoms with van der Waals surface area (Å²) in [6.45, 7) is 0. The van der Waals surface area contributed by atoms with Gasteiger partial charge in [-0.05, 0) is 36.4 Å². The van der Waals surface area contributed by atoms with Crippen LogP contribution in [0, 0.1) is 10.1 Å². The summed E-state index contributed by atoms with van der Waals surface area (Å²) in [5.41, 5.74) is 0.0858. The Kier molecular flexibility index (Phi) is 6.42. The van der Waals surface area contributed by atoms with Gasteiger partial charge >= 0.3 is 0 Å². The van der Waals surface area contributed by atoms with Crippen LogP contribution in [0.1, 0.15) is 10.4 Å². The average Bonchev–Trinajstić information content (AvgIpc) is 2.75. The molecule has 3 aromatic carbocycles. The largest absolute Gasteiger partial charge is 0.495 e. The van der Waals surface area contributed by atoms with Crippen molar-refractivity contribution in [1.82, 2.24) is 0 Å². The molecule has 0 spiro atoms. The van der Waals surface area contributed by atoms with Crippen LogP contribution in [0.5, 0.6) is 5.75 Å². The van der Waals surface area contributed by atoms with E-state index in [0.29, 0.717) is 0 Å². The Labute approximate surface area is 182 Å². The Bertz CT molecular complexity index is 1250. The molecule has 0 bridgehead atoms. The van der Waals surface area contributed by atoms with E-state index in [9.17, 15) is 23.3 Å². The maximum atomic E-state index is 12.6. The van der Waals surface area contributed by atoms with E-state index in [1.807, 2.05) is 0 Å². The van der Waals surface area contributed by atoms with Crippen LogP contribution in [0.3, 0.4) is 0 Å². The SMILES string of the molecule is COc1ccc([N+](=O)[O-])cc1NC(=O)c1ccc(NS(=O)(=O)c2ccccc2)c(Cl)c1. The zero-order valence-electron chi connectivity index (χ0n) is 16.0. The number of nitrogens with one attached hydrogen (secondary N) is 2. The standard InChI is InChI=1S/C20H16ClN3O6S/c1-30-19-10-8-14(24(26)27)12-18(19)22-20(25)13-7-9-17(16(21)11-13)23-31(28,29)15-5-3-2-4-6-15/h2-12,23H,1H3,(H,22,25). The molecule has 0 saturated carbocycles. The van der Waals surface area contributed by atoms with Gasteiger partial charge in [-0.2, -0.15) is 0 Å². The molecule has 9 nitrogen and oxygen atoms in total. The van der Waals surface area contributed by atoms with Crippen molar-refractivity contribution < 1.29 is 22.9 Å². The molecule has 0 aliphatic heterocycles. The van der Waals surface area contributed by atoms with E-state index in [-0.39, 0.29) is 38.3 Å². The van der Waals surface area contributed by atoms with Crippen LogP contribution in [0.15, 0.2) is 71.6 Å². The van der Waals surface area contributed by atoms with E-state index < -0.39 is 20.9 Å². The highest BCUT2D eigenvalue weighted by Crippen LogP contribution is 2.30. The Hall–Kier alpha value is -3.63. The number of amides is 1. The van der Waals surface area contributed by atoms with Crippen molar-refractivity contribution in [3.63, 3.8) is 0 Å². The smallest absolute Gasteiger partial charge is 0.271 e. The number of benzene rings is 3. The fraction of sp³-hybridized carbons (Fsp3) is 0.0500. The van der Waals surface area contributed by atoms with Crippen molar-refractivity contribution in [2.24, 2.45) is 0 Å². The lowest BCUT2D eigenvalue weighted by atomic mass is 10.2. The molecule has 0 radical (unpaired) electrons. The predicted molar refractivity (Wildman–Crippen MR) is 116 cm³/mol. The quantitative estimate of drug-likeness (QED) is 0.398. The van der Waals surface area contributed by atoms with Crippen LogP contribution in [0.25, 0.3) is 0 Å². The topological polar surface area (TPSA) is 128 Å². The molecule has 1 amide bonds. The Morgan fingerprint density at radius 1 is 1.03 bits per heavy atom. The number of carbonyl (C=O) groups is 1. The second-order valence-electron chi connectivity index (χ2n) is 6.21. The van der Waals surface area contributed by atoms with Gasteiger partial charge in [0.25, 0.3) is 21.6 Å². The van der Waals surface area contributed by atoms with E-state index in [0.717, 1.165) is 0 Å². The lowest BCUT2D eigenvalue weighted by Gasteiger charge is -2.12. The molecule has 0 fully saturated rings. The molecule has 160 valence electrons. The third-order valence-electron chi connectivity index (χ3n) is 4.17. The minimum Gasteiger partial charge on any atom is -0.495 e. The van der Waals surface area contributed by atoms with E-state index in [1.165, 1.54) is 55.6 Å². The van der Waals surface area contributed by atoms with Gasteiger partial charge in [0.15, 0.2) is 0 Å². The third kappa shape index (κ3) is 5.11. The zero-order valence-corrected chi connectivity index (χ0v) is 17.6. The first-order valence-electron chi connectivity index (χ1n) is 8.72. The summed E-state index contributed by atoms with van der Waals surface area (Å²) in [7, 11) is -2.49. The number of nitro benzene ring substituents is 1. The maximum absolute atomic E-state index is 12.6. The highest BCUT2D eigenvalue weighted by atomic mass is 35.5. The van der Waals surface area contributed by atoms with Gasteiger partial charge in [0.1, 0.15) is 5.75 Å². The summed E-state index contributed by atoms with van der Waals surface area (Å²) >= 11 is 6.17. The van der Waals surface area contributed by atoms with Crippen LogP contribution >= 0.6 is 11.6 Å². The number of nitro groups is 1. The summed E-state index contributed by atoms with van der Waals surface area (Å²) in [5.74, 6) is -0.379. The first kappa shape index (κ1) is 22.1. The van der Waals surface area contributed by atoms with Gasteiger partial charge in [-0.25, -0.2) is 8.42 Å². The van der Waals surface area contributed by atoms with Gasteiger partial charge in [-0.3, -0.25) is 19.6 Å². The summed E-state index contributed by atoms with van der Waals surface area (Å²) < 4.78 is 32.4. The van der Waals surface area contributed by atoms with Crippen molar-refractivity contribution in [3.05, 3.63) is 87.4 Å². The van der Waals surface area contributed by atoms with Crippen LogP contribution in [-0.2, 0) is 10.0 Å². The molecule has 2 N–H and O–H groups in total. The molecular weight excluding hydrogens is 446 g/mol. The van der Waals surface area contributed by atoms with Crippen molar-refractivity contribution in [2.45, 2.75) is 4.90 Å². The lowest BCUT2D eigenvalue weighted by Crippen LogP contribution is -2.15. The second-order valence-corrected chi connectivity index (χ2v) is 8.30. The maximum Gasteiger partial charge on any atom is 0.271 e. The number of nitrogens with zero attached hydrogens (tertiary/aromatic N) is 1.